The van der Waals surface area contributed by atoms with Gasteiger partial charge in [0.25, 0.3) is 5.91 Å². The lowest BCUT2D eigenvalue weighted by Gasteiger charge is -2.13. The molecule has 0 saturated carbocycles. The molecule has 0 aliphatic heterocycles. The number of anilines is 2. The predicted octanol–water partition coefficient (Wildman–Crippen LogP) is 5.08. The quantitative estimate of drug-likeness (QED) is 0.482. The molecule has 3 aromatic rings. The lowest BCUT2D eigenvalue weighted by atomic mass is 10.2. The Morgan fingerprint density at radius 2 is 1.52 bits per heavy atom. The van der Waals surface area contributed by atoms with E-state index in [0.29, 0.717) is 22.7 Å². The van der Waals surface area contributed by atoms with Crippen LogP contribution in [0.4, 0.5) is 11.4 Å². The average molecular weight is 437 g/mol. The van der Waals surface area contributed by atoms with Crippen molar-refractivity contribution in [3.63, 3.8) is 0 Å². The van der Waals surface area contributed by atoms with Gasteiger partial charge in [-0.05, 0) is 67.6 Å². The SMILES string of the molecule is COc1ccc(NC(=O)C(C)Sc2cccc(NC(=O)c3cccc(OC)c3)c2)cc1. The molecule has 6 nitrogen and oxygen atoms in total. The Hall–Kier alpha value is -3.45. The molecule has 3 aromatic carbocycles. The Labute approximate surface area is 186 Å². The molecule has 0 aliphatic carbocycles. The third-order valence-electron chi connectivity index (χ3n) is 4.46. The fourth-order valence-electron chi connectivity index (χ4n) is 2.79. The van der Waals surface area contributed by atoms with Crippen LogP contribution in [0.3, 0.4) is 0 Å². The van der Waals surface area contributed by atoms with Crippen molar-refractivity contribution in [3.8, 4) is 11.5 Å². The summed E-state index contributed by atoms with van der Waals surface area (Å²) >= 11 is 1.41. The van der Waals surface area contributed by atoms with Crippen molar-refractivity contribution >= 4 is 35.0 Å². The number of hydrogen-bond acceptors (Lipinski definition) is 5. The van der Waals surface area contributed by atoms with Crippen molar-refractivity contribution in [1.29, 1.82) is 0 Å². The van der Waals surface area contributed by atoms with Gasteiger partial charge in [0, 0.05) is 21.8 Å². The van der Waals surface area contributed by atoms with Crippen LogP contribution in [-0.4, -0.2) is 31.3 Å². The van der Waals surface area contributed by atoms with Gasteiger partial charge in [-0.25, -0.2) is 0 Å². The first-order valence-electron chi connectivity index (χ1n) is 9.65. The van der Waals surface area contributed by atoms with E-state index in [1.54, 1.807) is 62.8 Å². The Kier molecular flexibility index (Phi) is 7.56. The van der Waals surface area contributed by atoms with Crippen LogP contribution in [0.25, 0.3) is 0 Å². The minimum atomic E-state index is -0.327. The molecule has 31 heavy (non-hydrogen) atoms. The highest BCUT2D eigenvalue weighted by atomic mass is 32.2. The van der Waals surface area contributed by atoms with Crippen molar-refractivity contribution < 1.29 is 19.1 Å². The summed E-state index contributed by atoms with van der Waals surface area (Å²) in [5, 5.41) is 5.45. The standard InChI is InChI=1S/C24H24N2O4S/c1-16(23(27)25-18-10-12-20(29-2)13-11-18)31-22-9-5-7-19(15-22)26-24(28)17-6-4-8-21(14-17)30-3/h4-16H,1-3H3,(H,25,27)(H,26,28). The number of amides is 2. The van der Waals surface area contributed by atoms with Crippen molar-refractivity contribution in [2.24, 2.45) is 0 Å². The van der Waals surface area contributed by atoms with Crippen LogP contribution in [0.15, 0.2) is 77.7 Å². The second kappa shape index (κ2) is 10.5. The maximum absolute atomic E-state index is 12.5. The molecule has 1 atom stereocenters. The fourth-order valence-corrected chi connectivity index (χ4v) is 3.72. The molecule has 2 N–H and O–H groups in total. The Morgan fingerprint density at radius 1 is 0.806 bits per heavy atom. The summed E-state index contributed by atoms with van der Waals surface area (Å²) in [5.74, 6) is 1.01. The first kappa shape index (κ1) is 22.2. The first-order valence-corrected chi connectivity index (χ1v) is 10.5. The second-order valence-electron chi connectivity index (χ2n) is 6.69. The summed E-state index contributed by atoms with van der Waals surface area (Å²) in [7, 11) is 3.16. The van der Waals surface area contributed by atoms with Crippen molar-refractivity contribution in [2.45, 2.75) is 17.1 Å². The van der Waals surface area contributed by atoms with Gasteiger partial charge in [-0.1, -0.05) is 12.1 Å². The molecule has 3 rings (SSSR count). The van der Waals surface area contributed by atoms with Gasteiger partial charge in [-0.3, -0.25) is 9.59 Å². The molecule has 0 bridgehead atoms. The molecule has 0 aliphatic rings. The largest absolute Gasteiger partial charge is 0.497 e. The molecular weight excluding hydrogens is 412 g/mol. The van der Waals surface area contributed by atoms with Crippen molar-refractivity contribution in [1.82, 2.24) is 0 Å². The zero-order valence-electron chi connectivity index (χ0n) is 17.5. The summed E-state index contributed by atoms with van der Waals surface area (Å²) in [5.41, 5.74) is 1.86. The van der Waals surface area contributed by atoms with Crippen LogP contribution in [0.5, 0.6) is 11.5 Å². The third-order valence-corrected chi connectivity index (χ3v) is 5.56. The predicted molar refractivity (Wildman–Crippen MR) is 124 cm³/mol. The Bertz CT molecular complexity index is 1050. The van der Waals surface area contributed by atoms with Crippen LogP contribution in [0, 0.1) is 0 Å². The summed E-state index contributed by atoms with van der Waals surface area (Å²) in [6.07, 6.45) is 0. The fraction of sp³-hybridized carbons (Fsp3) is 0.167. The summed E-state index contributed by atoms with van der Waals surface area (Å²) in [4.78, 5) is 25.9. The molecule has 0 heterocycles. The smallest absolute Gasteiger partial charge is 0.255 e. The van der Waals surface area contributed by atoms with E-state index in [1.165, 1.54) is 11.8 Å². The monoisotopic (exact) mass is 436 g/mol. The average Bonchev–Trinajstić information content (AvgIpc) is 2.79. The highest BCUT2D eigenvalue weighted by Crippen LogP contribution is 2.27. The highest BCUT2D eigenvalue weighted by Gasteiger charge is 2.15. The van der Waals surface area contributed by atoms with Gasteiger partial charge >= 0.3 is 0 Å². The van der Waals surface area contributed by atoms with Gasteiger partial charge in [0.15, 0.2) is 0 Å². The van der Waals surface area contributed by atoms with Gasteiger partial charge in [-0.15, -0.1) is 11.8 Å². The lowest BCUT2D eigenvalue weighted by molar-refractivity contribution is -0.115. The summed E-state index contributed by atoms with van der Waals surface area (Å²) < 4.78 is 10.3. The van der Waals surface area contributed by atoms with E-state index in [0.717, 1.165) is 10.6 Å². The molecule has 0 saturated heterocycles. The number of ether oxygens (including phenoxy) is 2. The maximum Gasteiger partial charge on any atom is 0.255 e. The molecule has 7 heteroatoms. The van der Waals surface area contributed by atoms with E-state index in [1.807, 2.05) is 31.2 Å². The van der Waals surface area contributed by atoms with Crippen LogP contribution in [0.1, 0.15) is 17.3 Å². The third kappa shape index (κ3) is 6.26. The normalized spacial score (nSPS) is 11.3. The zero-order valence-corrected chi connectivity index (χ0v) is 18.4. The van der Waals surface area contributed by atoms with Crippen LogP contribution in [-0.2, 0) is 4.79 Å². The van der Waals surface area contributed by atoms with E-state index >= 15 is 0 Å². The number of methoxy groups -OCH3 is 2. The van der Waals surface area contributed by atoms with E-state index in [-0.39, 0.29) is 17.1 Å². The number of carbonyl (C=O) groups is 2. The van der Waals surface area contributed by atoms with Crippen molar-refractivity contribution in [3.05, 3.63) is 78.4 Å². The summed E-state index contributed by atoms with van der Waals surface area (Å²) in [6.45, 7) is 1.84. The zero-order chi connectivity index (χ0) is 22.2. The molecule has 0 radical (unpaired) electrons. The van der Waals surface area contributed by atoms with Crippen LogP contribution < -0.4 is 20.1 Å². The highest BCUT2D eigenvalue weighted by molar-refractivity contribution is 8.00. The Balaban J connectivity index is 1.61. The van der Waals surface area contributed by atoms with Crippen molar-refractivity contribution in [2.75, 3.05) is 24.9 Å². The van der Waals surface area contributed by atoms with Crippen LogP contribution in [0.2, 0.25) is 0 Å². The minimum absolute atomic E-state index is 0.110. The second-order valence-corrected chi connectivity index (χ2v) is 8.11. The molecule has 160 valence electrons. The maximum atomic E-state index is 12.5. The topological polar surface area (TPSA) is 76.7 Å². The van der Waals surface area contributed by atoms with E-state index in [9.17, 15) is 9.59 Å². The lowest BCUT2D eigenvalue weighted by Crippen LogP contribution is -2.22. The number of hydrogen-bond donors (Lipinski definition) is 2. The van der Waals surface area contributed by atoms with Crippen LogP contribution >= 0.6 is 11.8 Å². The van der Waals surface area contributed by atoms with Gasteiger partial charge in [0.2, 0.25) is 5.91 Å². The Morgan fingerprint density at radius 3 is 2.23 bits per heavy atom. The van der Waals surface area contributed by atoms with E-state index in [2.05, 4.69) is 10.6 Å². The minimum Gasteiger partial charge on any atom is -0.497 e. The summed E-state index contributed by atoms with van der Waals surface area (Å²) in [6, 6.07) is 21.5. The molecule has 0 spiro atoms. The number of carbonyl (C=O) groups excluding carboxylic acids is 2. The van der Waals surface area contributed by atoms with Gasteiger partial charge in [-0.2, -0.15) is 0 Å². The first-order chi connectivity index (χ1) is 15.0. The molecule has 0 fully saturated rings. The molecule has 0 aromatic heterocycles. The molecule has 1 unspecified atom stereocenters. The number of benzene rings is 3. The van der Waals surface area contributed by atoms with E-state index < -0.39 is 0 Å². The molecular formula is C24H24N2O4S. The number of rotatable bonds is 8. The van der Waals surface area contributed by atoms with Gasteiger partial charge < -0.3 is 20.1 Å². The van der Waals surface area contributed by atoms with Gasteiger partial charge in [0.1, 0.15) is 11.5 Å². The van der Waals surface area contributed by atoms with Gasteiger partial charge in [0.05, 0.1) is 19.5 Å². The molecule has 2 amide bonds. The number of nitrogens with one attached hydrogen (secondary N) is 2. The van der Waals surface area contributed by atoms with E-state index in [4.69, 9.17) is 9.47 Å². The number of thioether (sulfide) groups is 1.